The van der Waals surface area contributed by atoms with Crippen molar-refractivity contribution in [2.75, 3.05) is 0 Å². The van der Waals surface area contributed by atoms with Gasteiger partial charge in [-0.3, -0.25) is 0 Å². The summed E-state index contributed by atoms with van der Waals surface area (Å²) in [6, 6.07) is 0. The van der Waals surface area contributed by atoms with Crippen LogP contribution in [-0.4, -0.2) is 29.6 Å². The van der Waals surface area contributed by atoms with Crippen molar-refractivity contribution in [2.45, 2.75) is 6.92 Å². The average molecular weight is 65.1 g/mol. The minimum atomic E-state index is 0. The van der Waals surface area contributed by atoms with E-state index in [2.05, 4.69) is 6.58 Å². The molecule has 0 spiro atoms. The number of hydrogen-bond acceptors (Lipinski definition) is 0. The molecule has 0 fully saturated rings. The molecule has 0 aliphatic rings. The first kappa shape index (κ1) is 8.83. The summed E-state index contributed by atoms with van der Waals surface area (Å²) in [7, 11) is 0. The maximum absolute atomic E-state index is 3.36. The van der Waals surface area contributed by atoms with Crippen LogP contribution in [0.25, 0.3) is 0 Å². The van der Waals surface area contributed by atoms with Crippen LogP contribution in [0.1, 0.15) is 6.92 Å². The molecule has 0 nitrogen and oxygen atoms in total. The Morgan fingerprint density at radius 2 is 1.75 bits per heavy atom. The van der Waals surface area contributed by atoms with Gasteiger partial charge >= 0.3 is 0 Å². The molecule has 4 heavy (non-hydrogen) atoms. The molecule has 0 aliphatic carbocycles. The van der Waals surface area contributed by atoms with E-state index in [1.807, 2.05) is 6.92 Å². The van der Waals surface area contributed by atoms with E-state index in [-0.39, 0.29) is 29.6 Å². The van der Waals surface area contributed by atoms with Gasteiger partial charge in [0, 0.05) is 29.6 Å². The molecular weight excluding hydrogens is 59.0 g/mol. The standard InChI is InChI=1S/C3H6.Na/c1-3-2;/h3H,1H2,2H3;. The van der Waals surface area contributed by atoms with E-state index in [9.17, 15) is 0 Å². The molecule has 0 saturated carbocycles. The summed E-state index contributed by atoms with van der Waals surface area (Å²) in [5.41, 5.74) is 0. The Hall–Kier alpha value is 0.740. The van der Waals surface area contributed by atoms with Crippen molar-refractivity contribution in [3.63, 3.8) is 0 Å². The molecular formula is C3H6Na. The van der Waals surface area contributed by atoms with Crippen molar-refractivity contribution in [2.24, 2.45) is 0 Å². The van der Waals surface area contributed by atoms with Crippen LogP contribution < -0.4 is 0 Å². The first-order chi connectivity index (χ1) is 1.41. The first-order valence-electron chi connectivity index (χ1n) is 0.986. The third kappa shape index (κ3) is 15.1. The van der Waals surface area contributed by atoms with Crippen molar-refractivity contribution < 1.29 is 0 Å². The van der Waals surface area contributed by atoms with Gasteiger partial charge in [0.05, 0.1) is 0 Å². The second-order valence-corrected chi connectivity index (χ2v) is 0.408. The third-order valence-electron chi connectivity index (χ3n) is 0. The van der Waals surface area contributed by atoms with Crippen molar-refractivity contribution in [3.05, 3.63) is 12.7 Å². The van der Waals surface area contributed by atoms with Crippen LogP contribution in [-0.2, 0) is 0 Å². The second-order valence-electron chi connectivity index (χ2n) is 0.408. The molecule has 19 valence electrons. The van der Waals surface area contributed by atoms with Crippen LogP contribution in [0.3, 0.4) is 0 Å². The largest absolute Gasteiger partial charge is 0.103 e. The van der Waals surface area contributed by atoms with Gasteiger partial charge in [-0.2, -0.15) is 0 Å². The van der Waals surface area contributed by atoms with Crippen molar-refractivity contribution in [1.82, 2.24) is 0 Å². The van der Waals surface area contributed by atoms with Gasteiger partial charge in [0.15, 0.2) is 0 Å². The van der Waals surface area contributed by atoms with Gasteiger partial charge in [0.2, 0.25) is 0 Å². The Morgan fingerprint density at radius 1 is 1.75 bits per heavy atom. The Morgan fingerprint density at radius 3 is 1.75 bits per heavy atom. The molecule has 0 N–H and O–H groups in total. The van der Waals surface area contributed by atoms with E-state index in [1.165, 1.54) is 0 Å². The first-order valence-corrected chi connectivity index (χ1v) is 0.986. The van der Waals surface area contributed by atoms with E-state index >= 15 is 0 Å². The van der Waals surface area contributed by atoms with Crippen LogP contribution in [0.15, 0.2) is 12.7 Å². The zero-order valence-electron chi connectivity index (χ0n) is 3.28. The van der Waals surface area contributed by atoms with Gasteiger partial charge in [0.25, 0.3) is 0 Å². The fourth-order valence-electron chi connectivity index (χ4n) is 0. The third-order valence-corrected chi connectivity index (χ3v) is 0. The second kappa shape index (κ2) is 9.27. The Bertz CT molecular complexity index is 10.8. The minimum Gasteiger partial charge on any atom is -0.103 e. The zero-order valence-corrected chi connectivity index (χ0v) is 5.28. The van der Waals surface area contributed by atoms with E-state index < -0.39 is 0 Å². The van der Waals surface area contributed by atoms with Crippen LogP contribution in [0.5, 0.6) is 0 Å². The molecule has 0 bridgehead atoms. The van der Waals surface area contributed by atoms with Gasteiger partial charge in [-0.05, 0) is 6.92 Å². The normalized spacial score (nSPS) is 3.25. The topological polar surface area (TPSA) is 0 Å². The molecule has 1 radical (unpaired) electrons. The molecule has 0 atom stereocenters. The molecule has 0 aromatic rings. The molecule has 0 saturated heterocycles. The molecule has 0 rings (SSSR count). The number of allylic oxidation sites excluding steroid dienone is 1. The number of hydrogen-bond donors (Lipinski definition) is 0. The van der Waals surface area contributed by atoms with Gasteiger partial charge < -0.3 is 0 Å². The van der Waals surface area contributed by atoms with Gasteiger partial charge in [-0.15, -0.1) is 6.58 Å². The summed E-state index contributed by atoms with van der Waals surface area (Å²) >= 11 is 0. The van der Waals surface area contributed by atoms with Gasteiger partial charge in [0.1, 0.15) is 0 Å². The van der Waals surface area contributed by atoms with Crippen molar-refractivity contribution in [3.8, 4) is 0 Å². The summed E-state index contributed by atoms with van der Waals surface area (Å²) in [5, 5.41) is 0. The van der Waals surface area contributed by atoms with E-state index in [0.29, 0.717) is 0 Å². The summed E-state index contributed by atoms with van der Waals surface area (Å²) in [6.45, 7) is 5.25. The summed E-state index contributed by atoms with van der Waals surface area (Å²) < 4.78 is 0. The molecule has 0 aliphatic heterocycles. The molecule has 1 heteroatoms. The molecule has 0 aromatic heterocycles. The van der Waals surface area contributed by atoms with Crippen molar-refractivity contribution >= 4 is 29.6 Å². The van der Waals surface area contributed by atoms with E-state index in [0.717, 1.165) is 0 Å². The average Bonchev–Trinajstić information content (AvgIpc) is 0.918. The van der Waals surface area contributed by atoms with E-state index in [4.69, 9.17) is 0 Å². The van der Waals surface area contributed by atoms with Crippen LogP contribution in [0, 0.1) is 0 Å². The Balaban J connectivity index is 0. The molecule has 0 aromatic carbocycles. The quantitative estimate of drug-likeness (QED) is 0.289. The molecule has 0 unspecified atom stereocenters. The van der Waals surface area contributed by atoms with Crippen LogP contribution in [0.2, 0.25) is 0 Å². The summed E-state index contributed by atoms with van der Waals surface area (Å²) in [5.74, 6) is 0. The van der Waals surface area contributed by atoms with Gasteiger partial charge in [-0.1, -0.05) is 6.08 Å². The predicted molar refractivity (Wildman–Crippen MR) is 21.6 cm³/mol. The van der Waals surface area contributed by atoms with Gasteiger partial charge in [-0.25, -0.2) is 0 Å². The van der Waals surface area contributed by atoms with Crippen molar-refractivity contribution in [1.29, 1.82) is 0 Å². The minimum absolute atomic E-state index is 0. The number of rotatable bonds is 0. The van der Waals surface area contributed by atoms with E-state index in [1.54, 1.807) is 6.08 Å². The van der Waals surface area contributed by atoms with Crippen LogP contribution in [0.4, 0.5) is 0 Å². The smallest absolute Gasteiger partial charge is 0 e. The Labute approximate surface area is 49.2 Å². The molecule has 0 heterocycles. The molecule has 0 amide bonds. The maximum atomic E-state index is 3.36. The fourth-order valence-corrected chi connectivity index (χ4v) is 0. The maximum Gasteiger partial charge on any atom is 0 e. The Kier molecular flexibility index (Phi) is 20.5. The summed E-state index contributed by atoms with van der Waals surface area (Å²) in [4.78, 5) is 0. The summed E-state index contributed by atoms with van der Waals surface area (Å²) in [6.07, 6.45) is 1.75. The van der Waals surface area contributed by atoms with Crippen LogP contribution >= 0.6 is 0 Å². The zero-order chi connectivity index (χ0) is 2.71. The SMILES string of the molecule is C=CC.[Na]. The monoisotopic (exact) mass is 65.0 g/mol. The fraction of sp³-hybridized carbons (Fsp3) is 0.333. The predicted octanol–water partition coefficient (Wildman–Crippen LogP) is 0.811.